The van der Waals surface area contributed by atoms with Crippen molar-refractivity contribution in [2.75, 3.05) is 23.3 Å². The van der Waals surface area contributed by atoms with Crippen LogP contribution >= 0.6 is 0 Å². The normalized spacial score (nSPS) is 22.7. The number of oxazole rings is 1. The van der Waals surface area contributed by atoms with Crippen LogP contribution in [0.4, 0.5) is 16.1 Å². The van der Waals surface area contributed by atoms with Crippen LogP contribution in [-0.2, 0) is 0 Å². The SMILES string of the molecule is NC(=O)c1cccc(-c2cnc(N[C@@H]3CCCC[C@H]3C[C@H]3CCCN(c4ccc(F)cc4)C3)o2)c1. The van der Waals surface area contributed by atoms with Crippen molar-refractivity contribution in [3.63, 3.8) is 0 Å². The van der Waals surface area contributed by atoms with E-state index in [2.05, 4.69) is 15.2 Å². The summed E-state index contributed by atoms with van der Waals surface area (Å²) in [6.07, 6.45) is 10.0. The number of nitrogens with one attached hydrogen (secondary N) is 1. The molecule has 5 rings (SSSR count). The molecule has 3 atom stereocenters. The lowest BCUT2D eigenvalue weighted by molar-refractivity contribution is 0.100. The Morgan fingerprint density at radius 1 is 1.11 bits per heavy atom. The van der Waals surface area contributed by atoms with Gasteiger partial charge in [0.25, 0.3) is 6.01 Å². The van der Waals surface area contributed by atoms with Gasteiger partial charge in [0.1, 0.15) is 5.82 Å². The van der Waals surface area contributed by atoms with Crippen molar-refractivity contribution in [2.45, 2.75) is 51.0 Å². The van der Waals surface area contributed by atoms with Crippen LogP contribution in [-0.4, -0.2) is 30.0 Å². The van der Waals surface area contributed by atoms with Gasteiger partial charge < -0.3 is 20.4 Å². The first-order chi connectivity index (χ1) is 17.0. The molecular weight excluding hydrogens is 443 g/mol. The summed E-state index contributed by atoms with van der Waals surface area (Å²) in [6, 6.07) is 14.8. The molecule has 1 amide bonds. The summed E-state index contributed by atoms with van der Waals surface area (Å²) in [4.78, 5) is 18.4. The van der Waals surface area contributed by atoms with E-state index >= 15 is 0 Å². The number of primary amides is 1. The van der Waals surface area contributed by atoms with Gasteiger partial charge in [-0.25, -0.2) is 9.37 Å². The number of piperidine rings is 1. The maximum atomic E-state index is 13.4. The lowest BCUT2D eigenvalue weighted by Crippen LogP contribution is -2.39. The van der Waals surface area contributed by atoms with Crippen molar-refractivity contribution >= 4 is 17.6 Å². The summed E-state index contributed by atoms with van der Waals surface area (Å²) < 4.78 is 19.4. The second-order valence-corrected chi connectivity index (χ2v) is 9.94. The number of anilines is 2. The van der Waals surface area contributed by atoms with E-state index in [0.29, 0.717) is 35.2 Å². The number of carbonyl (C=O) groups is 1. The van der Waals surface area contributed by atoms with Crippen molar-refractivity contribution in [2.24, 2.45) is 17.6 Å². The zero-order valence-electron chi connectivity index (χ0n) is 20.0. The van der Waals surface area contributed by atoms with Crippen molar-refractivity contribution in [3.8, 4) is 11.3 Å². The molecule has 0 unspecified atom stereocenters. The number of nitrogens with zero attached hydrogens (tertiary/aromatic N) is 2. The fourth-order valence-electron chi connectivity index (χ4n) is 5.71. The van der Waals surface area contributed by atoms with E-state index in [1.165, 1.54) is 38.5 Å². The van der Waals surface area contributed by atoms with Gasteiger partial charge in [-0.2, -0.15) is 0 Å². The Morgan fingerprint density at radius 3 is 2.77 bits per heavy atom. The lowest BCUT2D eigenvalue weighted by atomic mass is 9.77. The molecule has 1 saturated heterocycles. The highest BCUT2D eigenvalue weighted by Crippen LogP contribution is 2.35. The maximum Gasteiger partial charge on any atom is 0.295 e. The van der Waals surface area contributed by atoms with E-state index in [1.807, 2.05) is 18.2 Å². The molecule has 2 aliphatic rings. The number of halogens is 1. The molecular formula is C28H33FN4O2. The molecule has 0 bridgehead atoms. The number of amides is 1. The third-order valence-corrected chi connectivity index (χ3v) is 7.50. The van der Waals surface area contributed by atoms with E-state index < -0.39 is 5.91 Å². The van der Waals surface area contributed by atoms with Gasteiger partial charge in [0, 0.05) is 35.9 Å². The lowest BCUT2D eigenvalue weighted by Gasteiger charge is -2.39. The van der Waals surface area contributed by atoms with E-state index in [4.69, 9.17) is 10.2 Å². The highest BCUT2D eigenvalue weighted by atomic mass is 19.1. The van der Waals surface area contributed by atoms with Gasteiger partial charge in [-0.3, -0.25) is 4.79 Å². The number of aromatic nitrogens is 1. The Labute approximate surface area is 205 Å². The van der Waals surface area contributed by atoms with E-state index in [1.54, 1.807) is 36.5 Å². The van der Waals surface area contributed by atoms with E-state index in [9.17, 15) is 9.18 Å². The van der Waals surface area contributed by atoms with Gasteiger partial charge >= 0.3 is 0 Å². The summed E-state index contributed by atoms with van der Waals surface area (Å²) in [6.45, 7) is 2.05. The minimum absolute atomic E-state index is 0.186. The number of nitrogens with two attached hydrogens (primary N) is 1. The molecule has 7 heteroatoms. The average molecular weight is 477 g/mol. The Bertz CT molecular complexity index is 1150. The van der Waals surface area contributed by atoms with Gasteiger partial charge in [0.05, 0.1) is 6.20 Å². The molecule has 35 heavy (non-hydrogen) atoms. The topological polar surface area (TPSA) is 84.4 Å². The van der Waals surface area contributed by atoms with Gasteiger partial charge in [0.2, 0.25) is 5.91 Å². The first kappa shape index (κ1) is 23.4. The molecule has 6 nitrogen and oxygen atoms in total. The minimum atomic E-state index is -0.463. The van der Waals surface area contributed by atoms with Crippen molar-refractivity contribution in [1.29, 1.82) is 0 Å². The molecule has 2 heterocycles. The largest absolute Gasteiger partial charge is 0.424 e. The number of rotatable bonds is 7. The highest BCUT2D eigenvalue weighted by Gasteiger charge is 2.30. The van der Waals surface area contributed by atoms with Crippen molar-refractivity contribution < 1.29 is 13.6 Å². The van der Waals surface area contributed by atoms with Crippen LogP contribution in [0.25, 0.3) is 11.3 Å². The molecule has 0 spiro atoms. The molecule has 1 aromatic heterocycles. The summed E-state index contributed by atoms with van der Waals surface area (Å²) in [7, 11) is 0. The van der Waals surface area contributed by atoms with Crippen molar-refractivity contribution in [1.82, 2.24) is 4.98 Å². The predicted molar refractivity (Wildman–Crippen MR) is 136 cm³/mol. The summed E-state index contributed by atoms with van der Waals surface area (Å²) in [5.74, 6) is 1.16. The van der Waals surface area contributed by atoms with Gasteiger partial charge in [-0.1, -0.05) is 25.0 Å². The van der Waals surface area contributed by atoms with E-state index in [-0.39, 0.29) is 5.82 Å². The average Bonchev–Trinajstić information content (AvgIpc) is 3.34. The second-order valence-electron chi connectivity index (χ2n) is 9.94. The van der Waals surface area contributed by atoms with Crippen LogP contribution in [0.3, 0.4) is 0 Å². The number of benzene rings is 2. The van der Waals surface area contributed by atoms with Crippen LogP contribution in [0.1, 0.15) is 55.3 Å². The number of hydrogen-bond donors (Lipinski definition) is 2. The van der Waals surface area contributed by atoms with Crippen LogP contribution in [0.2, 0.25) is 0 Å². The Hall–Kier alpha value is -3.35. The standard InChI is InChI=1S/C28H33FN4O2/c29-23-10-12-24(13-11-23)33-14-4-5-19(18-33)15-20-6-1-2-9-25(20)32-28-31-17-26(35-28)21-7-3-8-22(16-21)27(30)34/h3,7-8,10-13,16-17,19-20,25H,1-2,4-6,9,14-15,18H2,(H2,30,34)(H,31,32)/t19-,20+,25-/m1/s1. The Kier molecular flexibility index (Phi) is 7.02. The maximum absolute atomic E-state index is 13.4. The fourth-order valence-corrected chi connectivity index (χ4v) is 5.71. The molecule has 0 radical (unpaired) electrons. The third-order valence-electron chi connectivity index (χ3n) is 7.50. The second kappa shape index (κ2) is 10.5. The minimum Gasteiger partial charge on any atom is -0.424 e. The smallest absolute Gasteiger partial charge is 0.295 e. The zero-order chi connectivity index (χ0) is 24.2. The molecule has 184 valence electrons. The Balaban J connectivity index is 1.23. The monoisotopic (exact) mass is 476 g/mol. The molecule has 1 aliphatic carbocycles. The summed E-state index contributed by atoms with van der Waals surface area (Å²) >= 11 is 0. The van der Waals surface area contributed by atoms with Crippen LogP contribution in [0, 0.1) is 17.7 Å². The molecule has 1 saturated carbocycles. The van der Waals surface area contributed by atoms with E-state index in [0.717, 1.165) is 30.8 Å². The first-order valence-corrected chi connectivity index (χ1v) is 12.7. The number of hydrogen-bond acceptors (Lipinski definition) is 5. The van der Waals surface area contributed by atoms with Gasteiger partial charge in [0.15, 0.2) is 5.76 Å². The molecule has 2 aromatic carbocycles. The van der Waals surface area contributed by atoms with Gasteiger partial charge in [-0.05, 0) is 80.3 Å². The van der Waals surface area contributed by atoms with Crippen molar-refractivity contribution in [3.05, 3.63) is 66.1 Å². The molecule has 1 aliphatic heterocycles. The van der Waals surface area contributed by atoms with Crippen LogP contribution in [0.5, 0.6) is 0 Å². The Morgan fingerprint density at radius 2 is 1.94 bits per heavy atom. The molecule has 3 aromatic rings. The van der Waals surface area contributed by atoms with Gasteiger partial charge in [-0.15, -0.1) is 0 Å². The quantitative estimate of drug-likeness (QED) is 0.446. The predicted octanol–water partition coefficient (Wildman–Crippen LogP) is 5.86. The third kappa shape index (κ3) is 5.66. The fraction of sp³-hybridized carbons (Fsp3) is 0.429. The summed E-state index contributed by atoms with van der Waals surface area (Å²) in [5, 5.41) is 3.57. The van der Waals surface area contributed by atoms with Crippen LogP contribution in [0.15, 0.2) is 59.1 Å². The number of carbonyl (C=O) groups excluding carboxylic acids is 1. The summed E-state index contributed by atoms with van der Waals surface area (Å²) in [5.41, 5.74) is 7.76. The molecule has 2 fully saturated rings. The molecule has 3 N–H and O–H groups in total. The zero-order valence-corrected chi connectivity index (χ0v) is 20.0. The van der Waals surface area contributed by atoms with Crippen LogP contribution < -0.4 is 16.0 Å². The highest BCUT2D eigenvalue weighted by molar-refractivity contribution is 5.93. The first-order valence-electron chi connectivity index (χ1n) is 12.7.